The van der Waals surface area contributed by atoms with Crippen molar-refractivity contribution in [3.63, 3.8) is 0 Å². The van der Waals surface area contributed by atoms with Gasteiger partial charge in [0, 0.05) is 17.2 Å². The van der Waals surface area contributed by atoms with Gasteiger partial charge in [-0.25, -0.2) is 9.50 Å². The third-order valence-electron chi connectivity index (χ3n) is 3.43. The minimum absolute atomic E-state index is 0.0896. The molecule has 0 saturated carbocycles. The number of nitrogens with zero attached hydrogens (tertiary/aromatic N) is 3. The van der Waals surface area contributed by atoms with Gasteiger partial charge in [-0.3, -0.25) is 4.79 Å². The molecule has 6 heteroatoms. The van der Waals surface area contributed by atoms with Crippen LogP contribution in [0.4, 0.5) is 5.69 Å². The molecule has 1 amide bonds. The summed E-state index contributed by atoms with van der Waals surface area (Å²) in [6.45, 7) is 5.57. The van der Waals surface area contributed by atoms with Crippen LogP contribution in [0.3, 0.4) is 0 Å². The van der Waals surface area contributed by atoms with Crippen molar-refractivity contribution >= 4 is 28.8 Å². The van der Waals surface area contributed by atoms with Crippen LogP contribution < -0.4 is 5.32 Å². The molecular formula is C17H17ClN4O. The number of amides is 1. The zero-order chi connectivity index (χ0) is 16.6. The first-order valence-electron chi connectivity index (χ1n) is 7.26. The molecule has 3 aromatic rings. The highest BCUT2D eigenvalue weighted by atomic mass is 35.5. The zero-order valence-corrected chi connectivity index (χ0v) is 13.9. The minimum atomic E-state index is -0.494. The molecule has 0 aliphatic carbocycles. The number of carbonyl (C=O) groups is 1. The van der Waals surface area contributed by atoms with Crippen LogP contribution in [-0.2, 0) is 4.79 Å². The molecule has 0 atom stereocenters. The van der Waals surface area contributed by atoms with Crippen LogP contribution in [0.25, 0.3) is 16.9 Å². The van der Waals surface area contributed by atoms with E-state index in [-0.39, 0.29) is 5.91 Å². The van der Waals surface area contributed by atoms with Gasteiger partial charge in [0.2, 0.25) is 5.91 Å². The second kappa shape index (κ2) is 5.66. The first-order chi connectivity index (χ1) is 10.8. The molecule has 2 aromatic heterocycles. The minimum Gasteiger partial charge on any atom is -0.324 e. The van der Waals surface area contributed by atoms with Crippen molar-refractivity contribution in [1.82, 2.24) is 14.6 Å². The van der Waals surface area contributed by atoms with Crippen molar-refractivity contribution in [3.8, 4) is 11.3 Å². The summed E-state index contributed by atoms with van der Waals surface area (Å²) in [7, 11) is 0. The molecule has 1 N–H and O–H groups in total. The molecule has 0 saturated heterocycles. The van der Waals surface area contributed by atoms with Gasteiger partial charge < -0.3 is 5.32 Å². The van der Waals surface area contributed by atoms with Gasteiger partial charge in [-0.05, 0) is 24.3 Å². The molecule has 2 heterocycles. The molecule has 0 aliphatic rings. The summed E-state index contributed by atoms with van der Waals surface area (Å²) >= 11 is 6.20. The second-order valence-corrected chi connectivity index (χ2v) is 6.76. The maximum atomic E-state index is 12.2. The second-order valence-electron chi connectivity index (χ2n) is 6.35. The summed E-state index contributed by atoms with van der Waals surface area (Å²) in [4.78, 5) is 16.7. The maximum Gasteiger partial charge on any atom is 0.229 e. The van der Waals surface area contributed by atoms with Gasteiger partial charge >= 0.3 is 0 Å². The number of imidazole rings is 1. The van der Waals surface area contributed by atoms with E-state index >= 15 is 0 Å². The number of carbonyl (C=O) groups excluding carboxylic acids is 1. The number of rotatable bonds is 2. The molecule has 0 radical (unpaired) electrons. The summed E-state index contributed by atoms with van der Waals surface area (Å²) in [6, 6.07) is 9.18. The SMILES string of the molecule is CC(C)(C)C(=O)Nc1cc(-c2cn3ncccc3n2)ccc1Cl. The van der Waals surface area contributed by atoms with Crippen molar-refractivity contribution in [2.75, 3.05) is 5.32 Å². The van der Waals surface area contributed by atoms with Gasteiger partial charge in [-0.15, -0.1) is 0 Å². The van der Waals surface area contributed by atoms with Gasteiger partial charge in [-0.2, -0.15) is 5.10 Å². The number of fused-ring (bicyclic) bond motifs is 1. The summed E-state index contributed by atoms with van der Waals surface area (Å²) in [5.74, 6) is -0.0896. The molecule has 5 nitrogen and oxygen atoms in total. The highest BCUT2D eigenvalue weighted by molar-refractivity contribution is 6.33. The predicted octanol–water partition coefficient (Wildman–Crippen LogP) is 4.03. The van der Waals surface area contributed by atoms with Gasteiger partial charge in [0.05, 0.1) is 22.6 Å². The van der Waals surface area contributed by atoms with E-state index in [4.69, 9.17) is 11.6 Å². The van der Waals surface area contributed by atoms with Gasteiger partial charge in [0.25, 0.3) is 0 Å². The lowest BCUT2D eigenvalue weighted by Gasteiger charge is -2.18. The van der Waals surface area contributed by atoms with Crippen LogP contribution in [-0.4, -0.2) is 20.5 Å². The van der Waals surface area contributed by atoms with E-state index in [0.717, 1.165) is 16.9 Å². The molecule has 0 unspecified atom stereocenters. The van der Waals surface area contributed by atoms with Crippen LogP contribution >= 0.6 is 11.6 Å². The average Bonchev–Trinajstić information content (AvgIpc) is 2.92. The van der Waals surface area contributed by atoms with Crippen molar-refractivity contribution in [2.45, 2.75) is 20.8 Å². The molecule has 3 rings (SSSR count). The van der Waals surface area contributed by atoms with Crippen molar-refractivity contribution in [1.29, 1.82) is 0 Å². The van der Waals surface area contributed by atoms with Gasteiger partial charge in [0.15, 0.2) is 5.65 Å². The molecular weight excluding hydrogens is 312 g/mol. The van der Waals surface area contributed by atoms with Crippen molar-refractivity contribution in [3.05, 3.63) is 47.7 Å². The van der Waals surface area contributed by atoms with Crippen LogP contribution in [0, 0.1) is 5.41 Å². The fourth-order valence-electron chi connectivity index (χ4n) is 2.06. The van der Waals surface area contributed by atoms with E-state index in [2.05, 4.69) is 15.4 Å². The summed E-state index contributed by atoms with van der Waals surface area (Å²) < 4.78 is 1.71. The zero-order valence-electron chi connectivity index (χ0n) is 13.2. The third-order valence-corrected chi connectivity index (χ3v) is 3.76. The monoisotopic (exact) mass is 328 g/mol. The number of hydrogen-bond donors (Lipinski definition) is 1. The highest BCUT2D eigenvalue weighted by Gasteiger charge is 2.22. The van der Waals surface area contributed by atoms with Gasteiger partial charge in [0.1, 0.15) is 0 Å². The Bertz CT molecular complexity index is 847. The molecule has 1 aromatic carbocycles. The molecule has 0 spiro atoms. The largest absolute Gasteiger partial charge is 0.324 e. The Hall–Kier alpha value is -2.40. The van der Waals surface area contributed by atoms with E-state index in [9.17, 15) is 4.79 Å². The van der Waals surface area contributed by atoms with Crippen molar-refractivity contribution < 1.29 is 4.79 Å². The predicted molar refractivity (Wildman–Crippen MR) is 91.5 cm³/mol. The standard InChI is InChI=1S/C17H17ClN4O/c1-17(2,3)16(23)21-13-9-11(6-7-12(13)18)14-10-22-15(20-14)5-4-8-19-22/h4-10H,1-3H3,(H,21,23). The Morgan fingerprint density at radius 3 is 2.74 bits per heavy atom. The number of halogens is 1. The van der Waals surface area contributed by atoms with Crippen LogP contribution in [0.15, 0.2) is 42.7 Å². The Balaban J connectivity index is 1.98. The highest BCUT2D eigenvalue weighted by Crippen LogP contribution is 2.29. The molecule has 118 valence electrons. The lowest BCUT2D eigenvalue weighted by Crippen LogP contribution is -2.27. The fourth-order valence-corrected chi connectivity index (χ4v) is 2.23. The quantitative estimate of drug-likeness (QED) is 0.772. The van der Waals surface area contributed by atoms with E-state index in [1.165, 1.54) is 0 Å². The lowest BCUT2D eigenvalue weighted by molar-refractivity contribution is -0.123. The fraction of sp³-hybridized carbons (Fsp3) is 0.235. The number of anilines is 1. The molecule has 0 bridgehead atoms. The van der Waals surface area contributed by atoms with E-state index < -0.39 is 5.41 Å². The maximum absolute atomic E-state index is 12.2. The van der Waals surface area contributed by atoms with Crippen molar-refractivity contribution in [2.24, 2.45) is 5.41 Å². The summed E-state index contributed by atoms with van der Waals surface area (Å²) in [5.41, 5.74) is 2.48. The third kappa shape index (κ3) is 3.19. The summed E-state index contributed by atoms with van der Waals surface area (Å²) in [5, 5.41) is 7.57. The number of nitrogens with one attached hydrogen (secondary N) is 1. The van der Waals surface area contributed by atoms with Crippen LogP contribution in [0.2, 0.25) is 5.02 Å². The molecule has 0 aliphatic heterocycles. The van der Waals surface area contributed by atoms with E-state index in [0.29, 0.717) is 10.7 Å². The smallest absolute Gasteiger partial charge is 0.229 e. The Morgan fingerprint density at radius 1 is 1.26 bits per heavy atom. The first-order valence-corrected chi connectivity index (χ1v) is 7.64. The Labute approximate surface area is 139 Å². The number of benzene rings is 1. The lowest BCUT2D eigenvalue weighted by atomic mass is 9.95. The number of hydrogen-bond acceptors (Lipinski definition) is 3. The van der Waals surface area contributed by atoms with E-state index in [1.54, 1.807) is 16.8 Å². The normalized spacial score (nSPS) is 11.7. The van der Waals surface area contributed by atoms with Crippen LogP contribution in [0.5, 0.6) is 0 Å². The average molecular weight is 329 g/mol. The summed E-state index contributed by atoms with van der Waals surface area (Å²) in [6.07, 6.45) is 3.54. The van der Waals surface area contributed by atoms with Crippen LogP contribution in [0.1, 0.15) is 20.8 Å². The number of aromatic nitrogens is 3. The van der Waals surface area contributed by atoms with E-state index in [1.807, 2.05) is 51.2 Å². The Kier molecular flexibility index (Phi) is 3.82. The Morgan fingerprint density at radius 2 is 2.04 bits per heavy atom. The van der Waals surface area contributed by atoms with Gasteiger partial charge in [-0.1, -0.05) is 38.4 Å². The molecule has 23 heavy (non-hydrogen) atoms. The molecule has 0 fully saturated rings. The topological polar surface area (TPSA) is 59.3 Å². The first kappa shape index (κ1) is 15.5.